The lowest BCUT2D eigenvalue weighted by atomic mass is 10.1. The lowest BCUT2D eigenvalue weighted by Gasteiger charge is -2.13. The van der Waals surface area contributed by atoms with Gasteiger partial charge in [-0.2, -0.15) is 0 Å². The smallest absolute Gasteiger partial charge is 0.141 e. The van der Waals surface area contributed by atoms with E-state index in [0.717, 1.165) is 18.5 Å². The molecule has 2 aromatic carbocycles. The van der Waals surface area contributed by atoms with Crippen molar-refractivity contribution in [3.63, 3.8) is 0 Å². The van der Waals surface area contributed by atoms with Gasteiger partial charge in [-0.25, -0.2) is 4.39 Å². The first kappa shape index (κ1) is 11.5. The molecule has 1 N–H and O–H groups in total. The highest BCUT2D eigenvalue weighted by Gasteiger charge is 2.20. The fraction of sp³-hybridized carbons (Fsp3) is 0.200. The first-order valence-electron chi connectivity index (χ1n) is 6.01. The Balaban J connectivity index is 1.74. The Hall–Kier alpha value is -1.54. The van der Waals surface area contributed by atoms with Gasteiger partial charge in [0.05, 0.1) is 5.02 Å². The van der Waals surface area contributed by atoms with Crippen LogP contribution >= 0.6 is 11.6 Å². The van der Waals surface area contributed by atoms with Crippen LogP contribution in [0, 0.1) is 5.82 Å². The van der Waals surface area contributed by atoms with E-state index in [4.69, 9.17) is 11.6 Å². The molecular weight excluding hydrogens is 249 g/mol. The van der Waals surface area contributed by atoms with E-state index in [2.05, 4.69) is 29.6 Å². The van der Waals surface area contributed by atoms with E-state index < -0.39 is 0 Å². The summed E-state index contributed by atoms with van der Waals surface area (Å²) in [5, 5.41) is 3.57. The Morgan fingerprint density at radius 3 is 2.33 bits per heavy atom. The Bertz CT molecular complexity index is 557. The molecule has 0 atom stereocenters. The summed E-state index contributed by atoms with van der Waals surface area (Å²) in [4.78, 5) is 0. The lowest BCUT2D eigenvalue weighted by molar-refractivity contribution is 0.628. The van der Waals surface area contributed by atoms with Gasteiger partial charge in [0.25, 0.3) is 0 Å². The number of fused-ring (bicyclic) bond motifs is 1. The van der Waals surface area contributed by atoms with Crippen molar-refractivity contribution in [3.8, 4) is 0 Å². The van der Waals surface area contributed by atoms with Gasteiger partial charge >= 0.3 is 0 Å². The minimum atomic E-state index is -0.378. The number of hydrogen-bond acceptors (Lipinski definition) is 1. The molecule has 0 spiro atoms. The molecule has 1 aliphatic carbocycles. The van der Waals surface area contributed by atoms with E-state index >= 15 is 0 Å². The van der Waals surface area contributed by atoms with Crippen molar-refractivity contribution in [2.24, 2.45) is 0 Å². The van der Waals surface area contributed by atoms with Gasteiger partial charge in [-0.1, -0.05) is 35.9 Å². The van der Waals surface area contributed by atoms with E-state index in [-0.39, 0.29) is 10.8 Å². The zero-order chi connectivity index (χ0) is 12.5. The molecule has 1 nitrogen and oxygen atoms in total. The molecule has 0 saturated heterocycles. The molecule has 0 saturated carbocycles. The van der Waals surface area contributed by atoms with Crippen LogP contribution < -0.4 is 5.32 Å². The molecule has 0 heterocycles. The number of hydrogen-bond donors (Lipinski definition) is 1. The van der Waals surface area contributed by atoms with Crippen LogP contribution in [0.15, 0.2) is 42.5 Å². The maximum absolute atomic E-state index is 13.1. The molecular formula is C15H13ClFN. The van der Waals surface area contributed by atoms with Gasteiger partial charge in [-0.05, 0) is 42.2 Å². The van der Waals surface area contributed by atoms with E-state index in [1.54, 1.807) is 12.1 Å². The number of rotatable bonds is 2. The molecule has 0 amide bonds. The minimum Gasteiger partial charge on any atom is -0.382 e. The summed E-state index contributed by atoms with van der Waals surface area (Å²) in [7, 11) is 0. The molecule has 0 unspecified atom stereocenters. The summed E-state index contributed by atoms with van der Waals surface area (Å²) < 4.78 is 13.1. The van der Waals surface area contributed by atoms with Crippen molar-refractivity contribution in [3.05, 3.63) is 64.4 Å². The summed E-state index contributed by atoms with van der Waals surface area (Å²) in [5.74, 6) is -0.378. The standard InChI is InChI=1S/C15H13ClFN/c16-14-9-12(5-6-15(14)17)18-13-7-10-3-1-2-4-11(10)8-13/h1-6,9,13,18H,7-8H2. The maximum atomic E-state index is 13.1. The monoisotopic (exact) mass is 261 g/mol. The lowest BCUT2D eigenvalue weighted by Crippen LogP contribution is -2.19. The summed E-state index contributed by atoms with van der Waals surface area (Å²) in [6.07, 6.45) is 2.01. The second-order valence-corrected chi connectivity index (χ2v) is 5.05. The van der Waals surface area contributed by atoms with Gasteiger partial charge in [0.1, 0.15) is 5.82 Å². The van der Waals surface area contributed by atoms with Crippen LogP contribution in [0.1, 0.15) is 11.1 Å². The summed E-state index contributed by atoms with van der Waals surface area (Å²) in [6.45, 7) is 0. The molecule has 1 aliphatic rings. The molecule has 0 aliphatic heterocycles. The van der Waals surface area contributed by atoms with Gasteiger partial charge < -0.3 is 5.32 Å². The molecule has 0 fully saturated rings. The normalized spacial score (nSPS) is 14.6. The third-order valence-corrected chi connectivity index (χ3v) is 3.63. The van der Waals surface area contributed by atoms with Gasteiger partial charge in [0, 0.05) is 11.7 Å². The molecule has 0 aromatic heterocycles. The minimum absolute atomic E-state index is 0.163. The molecule has 0 radical (unpaired) electrons. The second-order valence-electron chi connectivity index (χ2n) is 4.65. The third-order valence-electron chi connectivity index (χ3n) is 3.34. The Morgan fingerprint density at radius 1 is 1.06 bits per heavy atom. The van der Waals surface area contributed by atoms with Crippen molar-refractivity contribution in [1.82, 2.24) is 0 Å². The van der Waals surface area contributed by atoms with Crippen LogP contribution in [0.3, 0.4) is 0 Å². The molecule has 0 bridgehead atoms. The average Bonchev–Trinajstić information content (AvgIpc) is 2.76. The van der Waals surface area contributed by atoms with E-state index in [1.807, 2.05) is 0 Å². The molecule has 3 rings (SSSR count). The van der Waals surface area contributed by atoms with Gasteiger partial charge in [-0.15, -0.1) is 0 Å². The van der Waals surface area contributed by atoms with E-state index in [1.165, 1.54) is 17.2 Å². The zero-order valence-electron chi connectivity index (χ0n) is 9.79. The first-order chi connectivity index (χ1) is 8.72. The van der Waals surface area contributed by atoms with Gasteiger partial charge in [0.15, 0.2) is 0 Å². The number of anilines is 1. The summed E-state index contributed by atoms with van der Waals surface area (Å²) in [6, 6.07) is 13.6. The first-order valence-corrected chi connectivity index (χ1v) is 6.38. The molecule has 92 valence electrons. The number of nitrogens with one attached hydrogen (secondary N) is 1. The quantitative estimate of drug-likeness (QED) is 0.860. The van der Waals surface area contributed by atoms with Crippen molar-refractivity contribution < 1.29 is 4.39 Å². The zero-order valence-corrected chi connectivity index (χ0v) is 10.5. The van der Waals surface area contributed by atoms with Crippen molar-refractivity contribution in [2.75, 3.05) is 5.32 Å². The Kier molecular flexibility index (Phi) is 2.96. The molecule has 18 heavy (non-hydrogen) atoms. The van der Waals surface area contributed by atoms with Gasteiger partial charge in [-0.3, -0.25) is 0 Å². The van der Waals surface area contributed by atoms with Crippen LogP contribution in [0.4, 0.5) is 10.1 Å². The van der Waals surface area contributed by atoms with Crippen LogP contribution in [-0.2, 0) is 12.8 Å². The van der Waals surface area contributed by atoms with Crippen LogP contribution in [0.2, 0.25) is 5.02 Å². The predicted octanol–water partition coefficient (Wildman–Crippen LogP) is 4.06. The number of halogens is 2. The highest BCUT2D eigenvalue weighted by molar-refractivity contribution is 6.31. The number of benzene rings is 2. The van der Waals surface area contributed by atoms with Crippen LogP contribution in [0.5, 0.6) is 0 Å². The molecule has 3 heteroatoms. The van der Waals surface area contributed by atoms with E-state index in [0.29, 0.717) is 6.04 Å². The molecule has 2 aromatic rings. The average molecular weight is 262 g/mol. The third kappa shape index (κ3) is 2.21. The SMILES string of the molecule is Fc1ccc(NC2Cc3ccccc3C2)cc1Cl. The largest absolute Gasteiger partial charge is 0.382 e. The van der Waals surface area contributed by atoms with Crippen molar-refractivity contribution in [1.29, 1.82) is 0 Å². The van der Waals surface area contributed by atoms with Crippen LogP contribution in [0.25, 0.3) is 0 Å². The Morgan fingerprint density at radius 2 is 1.72 bits per heavy atom. The van der Waals surface area contributed by atoms with Gasteiger partial charge in [0.2, 0.25) is 0 Å². The maximum Gasteiger partial charge on any atom is 0.141 e. The summed E-state index contributed by atoms with van der Waals surface area (Å²) in [5.41, 5.74) is 3.66. The Labute approximate surface area is 111 Å². The van der Waals surface area contributed by atoms with Crippen molar-refractivity contribution >= 4 is 17.3 Å². The van der Waals surface area contributed by atoms with E-state index in [9.17, 15) is 4.39 Å². The highest BCUT2D eigenvalue weighted by atomic mass is 35.5. The predicted molar refractivity (Wildman–Crippen MR) is 72.7 cm³/mol. The highest BCUT2D eigenvalue weighted by Crippen LogP contribution is 2.26. The van der Waals surface area contributed by atoms with Crippen LogP contribution in [-0.4, -0.2) is 6.04 Å². The fourth-order valence-corrected chi connectivity index (χ4v) is 2.66. The van der Waals surface area contributed by atoms with Crippen molar-refractivity contribution in [2.45, 2.75) is 18.9 Å². The topological polar surface area (TPSA) is 12.0 Å². The second kappa shape index (κ2) is 4.62. The fourth-order valence-electron chi connectivity index (χ4n) is 2.48. The summed E-state index contributed by atoms with van der Waals surface area (Å²) >= 11 is 5.77.